The molecule has 0 aliphatic carbocycles. The van der Waals surface area contributed by atoms with Gasteiger partial charge in [0.25, 0.3) is 0 Å². The normalized spacial score (nSPS) is 17.5. The predicted molar refractivity (Wildman–Crippen MR) is 272 cm³/mol. The fourth-order valence-electron chi connectivity index (χ4n) is 8.46. The molecule has 28 heteroatoms. The molecule has 26 nitrogen and oxygen atoms in total. The van der Waals surface area contributed by atoms with Crippen LogP contribution in [-0.2, 0) is 50.1 Å². The van der Waals surface area contributed by atoms with E-state index in [0.717, 1.165) is 11.1 Å². The van der Waals surface area contributed by atoms with E-state index in [1.807, 2.05) is 41.5 Å². The maximum atomic E-state index is 13.9. The fourth-order valence-corrected chi connectivity index (χ4v) is 11.2. The first kappa shape index (κ1) is 57.2. The number of sulfone groups is 2. The minimum Gasteiger partial charge on any atom is -0.479 e. The molecule has 0 spiro atoms. The third kappa shape index (κ3) is 13.0. The van der Waals surface area contributed by atoms with E-state index in [9.17, 15) is 16.8 Å². The molecule has 0 bridgehead atoms. The van der Waals surface area contributed by atoms with Crippen LogP contribution in [0.25, 0.3) is 11.4 Å². The van der Waals surface area contributed by atoms with Crippen LogP contribution in [0, 0.1) is 13.8 Å². The van der Waals surface area contributed by atoms with Crippen LogP contribution < -0.4 is 18.9 Å². The SMILES string of the molecule is COc1ncnc(OC)c1-n1c(CS(=O)(=O)[C@@H](C)[C@@H](OC(C)C)c2ncc(C)cn2)nnc1[C@@H]1CCOC1.COc1ncnc(OC)c1-n1c(CS(=O)(=O)[C@@H](C)[C@@H](OC(C)C)c2ncc(C)cn2)nnc1[C@H]1CCOC1. The van der Waals surface area contributed by atoms with Gasteiger partial charge in [0, 0.05) is 49.8 Å². The molecule has 0 radical (unpaired) electrons. The lowest BCUT2D eigenvalue weighted by Crippen LogP contribution is -2.32. The van der Waals surface area contributed by atoms with Crippen LogP contribution in [0.1, 0.15) is 125 Å². The fraction of sp³-hybridized carbons (Fsp3) is 0.583. The van der Waals surface area contributed by atoms with Crippen molar-refractivity contribution in [2.75, 3.05) is 54.9 Å². The molecular weight excluding hydrogens is 1030 g/mol. The van der Waals surface area contributed by atoms with Crippen molar-refractivity contribution in [3.63, 3.8) is 0 Å². The minimum absolute atomic E-state index is 0.107. The van der Waals surface area contributed by atoms with Gasteiger partial charge in [0.2, 0.25) is 23.5 Å². The first-order valence-electron chi connectivity index (χ1n) is 24.5. The van der Waals surface area contributed by atoms with Crippen LogP contribution in [-0.4, -0.2) is 164 Å². The molecule has 412 valence electrons. The summed E-state index contributed by atoms with van der Waals surface area (Å²) in [6.45, 7) is 16.2. The summed E-state index contributed by atoms with van der Waals surface area (Å²) in [5.74, 6) is 1.62. The van der Waals surface area contributed by atoms with Crippen molar-refractivity contribution in [2.24, 2.45) is 0 Å². The summed E-state index contributed by atoms with van der Waals surface area (Å²) in [5, 5.41) is 15.4. The lowest BCUT2D eigenvalue weighted by Gasteiger charge is -2.25. The molecule has 0 amide bonds. The average molecular weight is 1100 g/mol. The predicted octanol–water partition coefficient (Wildman–Crippen LogP) is 4.29. The molecular formula is C48H66N14O12S2. The van der Waals surface area contributed by atoms with Crippen LogP contribution in [0.4, 0.5) is 0 Å². The number of methoxy groups -OCH3 is 4. The zero-order chi connectivity index (χ0) is 54.9. The van der Waals surface area contributed by atoms with E-state index in [4.69, 9.17) is 37.9 Å². The van der Waals surface area contributed by atoms with E-state index in [0.29, 0.717) is 73.9 Å². The minimum atomic E-state index is -3.88. The van der Waals surface area contributed by atoms with Crippen molar-refractivity contribution in [2.45, 2.75) is 126 Å². The second kappa shape index (κ2) is 25.1. The van der Waals surface area contributed by atoms with Gasteiger partial charge in [-0.2, -0.15) is 19.9 Å². The van der Waals surface area contributed by atoms with Crippen molar-refractivity contribution in [1.82, 2.24) is 69.4 Å². The Morgan fingerprint density at radius 1 is 0.526 bits per heavy atom. The van der Waals surface area contributed by atoms with E-state index in [1.54, 1.807) is 47.8 Å². The summed E-state index contributed by atoms with van der Waals surface area (Å²) in [4.78, 5) is 34.2. The molecule has 0 N–H and O–H groups in total. The molecule has 8 heterocycles. The first-order chi connectivity index (χ1) is 36.3. The van der Waals surface area contributed by atoms with Gasteiger partial charge >= 0.3 is 0 Å². The van der Waals surface area contributed by atoms with Gasteiger partial charge < -0.3 is 37.9 Å². The quantitative estimate of drug-likeness (QED) is 0.0915. The standard InChI is InChI=1S/2C24H33N7O6S/c2*1-14(2)37-20(21-25-9-15(3)10-26-21)16(4)38(32,33)12-18-29-30-22(17-7-8-36-11-17)31(18)19-23(34-5)27-13-28-24(19)35-6/h2*9-10,13-14,16-17,20H,7-8,11-12H2,1-6H3/t16-,17+,20+;16-,17-,20+/m00/s1. The van der Waals surface area contributed by atoms with Crippen molar-refractivity contribution < 1.29 is 54.7 Å². The number of ether oxygens (including phenoxy) is 8. The summed E-state index contributed by atoms with van der Waals surface area (Å²) < 4.78 is 104. The van der Waals surface area contributed by atoms with Crippen LogP contribution in [0.5, 0.6) is 23.5 Å². The lowest BCUT2D eigenvalue weighted by molar-refractivity contribution is 0.00120. The number of nitrogens with zero attached hydrogens (tertiary/aromatic N) is 14. The zero-order valence-electron chi connectivity index (χ0n) is 44.7. The number of hydrogen-bond acceptors (Lipinski definition) is 24. The van der Waals surface area contributed by atoms with Gasteiger partial charge in [0.1, 0.15) is 48.0 Å². The summed E-state index contributed by atoms with van der Waals surface area (Å²) >= 11 is 0. The largest absolute Gasteiger partial charge is 0.479 e. The molecule has 2 saturated heterocycles. The Balaban J connectivity index is 0.000000221. The maximum Gasteiger partial charge on any atom is 0.245 e. The van der Waals surface area contributed by atoms with Gasteiger partial charge in [-0.3, -0.25) is 9.13 Å². The monoisotopic (exact) mass is 1090 g/mol. The number of hydrogen-bond donors (Lipinski definition) is 0. The van der Waals surface area contributed by atoms with Gasteiger partial charge in [0.05, 0.1) is 64.4 Å². The van der Waals surface area contributed by atoms with Gasteiger partial charge in [-0.1, -0.05) is 0 Å². The Labute approximate surface area is 441 Å². The number of aryl methyl sites for hydroxylation is 2. The Morgan fingerprint density at radius 2 is 0.855 bits per heavy atom. The molecule has 0 aromatic carbocycles. The second-order valence-electron chi connectivity index (χ2n) is 18.7. The van der Waals surface area contributed by atoms with E-state index < -0.39 is 53.9 Å². The molecule has 0 unspecified atom stereocenters. The van der Waals surface area contributed by atoms with E-state index >= 15 is 0 Å². The van der Waals surface area contributed by atoms with Gasteiger partial charge in [-0.05, 0) is 79.4 Å². The van der Waals surface area contributed by atoms with E-state index in [-0.39, 0.29) is 59.2 Å². The summed E-state index contributed by atoms with van der Waals surface area (Å²) in [6.07, 6.45) is 8.28. The number of aromatic nitrogens is 14. The highest BCUT2D eigenvalue weighted by Crippen LogP contribution is 2.38. The van der Waals surface area contributed by atoms with Crippen LogP contribution in [0.3, 0.4) is 0 Å². The Bertz CT molecular complexity index is 2840. The second-order valence-corrected chi connectivity index (χ2v) is 23.4. The maximum absolute atomic E-state index is 13.9. The van der Waals surface area contributed by atoms with Crippen molar-refractivity contribution in [3.8, 4) is 34.9 Å². The summed E-state index contributed by atoms with van der Waals surface area (Å²) in [6, 6.07) is 0. The third-order valence-electron chi connectivity index (χ3n) is 12.4. The van der Waals surface area contributed by atoms with Crippen molar-refractivity contribution >= 4 is 19.7 Å². The molecule has 76 heavy (non-hydrogen) atoms. The molecule has 2 aliphatic heterocycles. The van der Waals surface area contributed by atoms with Crippen LogP contribution in [0.2, 0.25) is 0 Å². The molecule has 2 fully saturated rings. The highest BCUT2D eigenvalue weighted by Gasteiger charge is 2.40. The van der Waals surface area contributed by atoms with Gasteiger partial charge in [0.15, 0.2) is 54.3 Å². The Kier molecular flexibility index (Phi) is 18.9. The lowest BCUT2D eigenvalue weighted by atomic mass is 10.1. The molecule has 6 aromatic heterocycles. The Hall–Kier alpha value is -6.46. The topological polar surface area (TPSA) is 307 Å². The molecule has 8 rings (SSSR count). The molecule has 2 aliphatic rings. The van der Waals surface area contributed by atoms with E-state index in [2.05, 4.69) is 60.3 Å². The zero-order valence-corrected chi connectivity index (χ0v) is 46.3. The average Bonchev–Trinajstić information content (AvgIpc) is 4.26. The highest BCUT2D eigenvalue weighted by atomic mass is 32.2. The van der Waals surface area contributed by atoms with Crippen molar-refractivity contribution in [3.05, 3.63) is 83.5 Å². The summed E-state index contributed by atoms with van der Waals surface area (Å²) in [7, 11) is -1.92. The van der Waals surface area contributed by atoms with Crippen LogP contribution in [0.15, 0.2) is 37.4 Å². The molecule has 0 saturated carbocycles. The van der Waals surface area contributed by atoms with Crippen LogP contribution >= 0.6 is 0 Å². The number of rotatable bonds is 22. The van der Waals surface area contributed by atoms with Crippen molar-refractivity contribution in [1.29, 1.82) is 0 Å². The third-order valence-corrected chi connectivity index (χ3v) is 16.5. The summed E-state index contributed by atoms with van der Waals surface area (Å²) in [5.41, 5.74) is 2.35. The molecule has 6 aromatic rings. The smallest absolute Gasteiger partial charge is 0.245 e. The van der Waals surface area contributed by atoms with Gasteiger partial charge in [-0.15, -0.1) is 20.4 Å². The molecule has 6 atom stereocenters. The highest BCUT2D eigenvalue weighted by molar-refractivity contribution is 7.91. The van der Waals surface area contributed by atoms with E-state index in [1.165, 1.54) is 41.1 Å². The Morgan fingerprint density at radius 3 is 1.13 bits per heavy atom. The van der Waals surface area contributed by atoms with Gasteiger partial charge in [-0.25, -0.2) is 36.8 Å². The first-order valence-corrected chi connectivity index (χ1v) is 28.0.